The summed E-state index contributed by atoms with van der Waals surface area (Å²) in [5, 5.41) is 7.46. The molecular weight excluding hydrogens is 316 g/mol. The van der Waals surface area contributed by atoms with E-state index >= 15 is 0 Å². The summed E-state index contributed by atoms with van der Waals surface area (Å²) in [5.74, 6) is 0.748. The Kier molecular flexibility index (Phi) is 4.44. The van der Waals surface area contributed by atoms with Crippen molar-refractivity contribution in [3.8, 4) is 5.75 Å². The van der Waals surface area contributed by atoms with Gasteiger partial charge in [-0.05, 0) is 23.9 Å². The number of amides is 2. The second-order valence-corrected chi connectivity index (χ2v) is 6.34. The van der Waals surface area contributed by atoms with Gasteiger partial charge in [0.05, 0.1) is 32.7 Å². The van der Waals surface area contributed by atoms with E-state index in [0.29, 0.717) is 18.9 Å². The third kappa shape index (κ3) is 3.43. The van der Waals surface area contributed by atoms with Crippen LogP contribution in [0.25, 0.3) is 0 Å². The quantitative estimate of drug-likeness (QED) is 0.895. The number of nitrogens with one attached hydrogen (secondary N) is 2. The van der Waals surface area contributed by atoms with Crippen molar-refractivity contribution < 1.29 is 14.3 Å². The summed E-state index contributed by atoms with van der Waals surface area (Å²) in [5.41, 5.74) is 0.640. The van der Waals surface area contributed by atoms with Crippen molar-refractivity contribution in [1.29, 1.82) is 0 Å². The van der Waals surface area contributed by atoms with Crippen LogP contribution in [-0.2, 0) is 16.8 Å². The molecule has 7 nitrogen and oxygen atoms in total. The fourth-order valence-electron chi connectivity index (χ4n) is 2.48. The Morgan fingerprint density at radius 2 is 2.26 bits per heavy atom. The van der Waals surface area contributed by atoms with Gasteiger partial charge in [0.2, 0.25) is 5.95 Å². The molecule has 0 fully saturated rings. The van der Waals surface area contributed by atoms with Crippen molar-refractivity contribution in [2.75, 3.05) is 25.6 Å². The van der Waals surface area contributed by atoms with E-state index in [1.165, 1.54) is 24.4 Å². The number of urea groups is 1. The largest absolute Gasteiger partial charge is 0.494 e. The summed E-state index contributed by atoms with van der Waals surface area (Å²) >= 11 is 1.73. The maximum Gasteiger partial charge on any atom is 0.321 e. The van der Waals surface area contributed by atoms with Crippen LogP contribution in [0, 0.1) is 0 Å². The number of hydrogen-bond acceptors (Lipinski definition) is 6. The maximum atomic E-state index is 12.0. The van der Waals surface area contributed by atoms with Gasteiger partial charge in [-0.3, -0.25) is 5.32 Å². The molecule has 1 aliphatic rings. The average Bonchev–Trinajstić information content (AvgIpc) is 3.04. The lowest BCUT2D eigenvalue weighted by Gasteiger charge is -2.34. The summed E-state index contributed by atoms with van der Waals surface area (Å²) in [6, 6.07) is 1.69. The number of carbonyl (C=O) groups excluding carboxylic acids is 1. The molecule has 2 amide bonds. The summed E-state index contributed by atoms with van der Waals surface area (Å²) in [6.07, 6.45) is 3.91. The van der Waals surface area contributed by atoms with Gasteiger partial charge in [0.15, 0.2) is 5.75 Å². The summed E-state index contributed by atoms with van der Waals surface area (Å²) in [7, 11) is 1.53. The first-order chi connectivity index (χ1) is 11.1. The topological polar surface area (TPSA) is 85.4 Å². The Morgan fingerprint density at radius 1 is 1.48 bits per heavy atom. The summed E-state index contributed by atoms with van der Waals surface area (Å²) in [6.45, 7) is 3.02. The molecule has 2 aromatic rings. The Morgan fingerprint density at radius 3 is 3.00 bits per heavy atom. The average molecular weight is 334 g/mol. The molecule has 0 bridgehead atoms. The van der Waals surface area contributed by atoms with Gasteiger partial charge in [0, 0.05) is 11.3 Å². The highest BCUT2D eigenvalue weighted by molar-refractivity contribution is 7.10. The van der Waals surface area contributed by atoms with Gasteiger partial charge in [-0.15, -0.1) is 11.3 Å². The number of anilines is 1. The Balaban J connectivity index is 1.59. The number of rotatable bonds is 4. The standard InChI is InChI=1S/C15H18N4O3S/c1-15(11-4-6-23-12(11)3-5-22-15)9-18-14(20)19-13-16-7-10(21-2)8-17-13/h4,6-8H,3,5,9H2,1-2H3,(H2,16,17,18,19,20)/t15-/m0/s1. The van der Waals surface area contributed by atoms with E-state index in [9.17, 15) is 4.79 Å². The molecule has 8 heteroatoms. The predicted molar refractivity (Wildman–Crippen MR) is 86.9 cm³/mol. The van der Waals surface area contributed by atoms with Gasteiger partial charge in [-0.25, -0.2) is 14.8 Å². The SMILES string of the molecule is COc1cnc(NC(=O)NC[C@]2(C)OCCc3sccc32)nc1. The smallest absolute Gasteiger partial charge is 0.321 e. The third-order valence-electron chi connectivity index (χ3n) is 3.74. The third-order valence-corrected chi connectivity index (χ3v) is 4.72. The number of methoxy groups -OCH3 is 1. The number of ether oxygens (including phenoxy) is 2. The molecule has 122 valence electrons. The lowest BCUT2D eigenvalue weighted by atomic mass is 9.93. The van der Waals surface area contributed by atoms with E-state index in [0.717, 1.165) is 12.0 Å². The minimum Gasteiger partial charge on any atom is -0.494 e. The Hall–Kier alpha value is -2.19. The zero-order valence-corrected chi connectivity index (χ0v) is 13.8. The molecule has 1 atom stereocenters. The number of aromatic nitrogens is 2. The van der Waals surface area contributed by atoms with Crippen molar-refractivity contribution in [2.24, 2.45) is 0 Å². The summed E-state index contributed by atoms with van der Waals surface area (Å²) < 4.78 is 10.9. The Bertz CT molecular complexity index is 688. The van der Waals surface area contributed by atoms with Crippen molar-refractivity contribution in [3.63, 3.8) is 0 Å². The van der Waals surface area contributed by atoms with E-state index < -0.39 is 5.60 Å². The minimum absolute atomic E-state index is 0.217. The first-order valence-electron chi connectivity index (χ1n) is 7.22. The van der Waals surface area contributed by atoms with Gasteiger partial charge >= 0.3 is 6.03 Å². The normalized spacial score (nSPS) is 19.7. The molecule has 0 saturated heterocycles. The van der Waals surface area contributed by atoms with Crippen LogP contribution in [0.1, 0.15) is 17.4 Å². The van der Waals surface area contributed by atoms with Crippen LogP contribution in [0.4, 0.5) is 10.7 Å². The molecular formula is C15H18N4O3S. The van der Waals surface area contributed by atoms with Gasteiger partial charge in [-0.2, -0.15) is 0 Å². The number of hydrogen-bond donors (Lipinski definition) is 2. The van der Waals surface area contributed by atoms with E-state index in [1.807, 2.05) is 6.92 Å². The van der Waals surface area contributed by atoms with Crippen molar-refractivity contribution in [3.05, 3.63) is 34.3 Å². The van der Waals surface area contributed by atoms with Crippen molar-refractivity contribution >= 4 is 23.3 Å². The first-order valence-corrected chi connectivity index (χ1v) is 8.10. The van der Waals surface area contributed by atoms with Gasteiger partial charge in [-0.1, -0.05) is 0 Å². The van der Waals surface area contributed by atoms with E-state index in [2.05, 4.69) is 32.0 Å². The molecule has 23 heavy (non-hydrogen) atoms. The van der Waals surface area contributed by atoms with E-state index in [4.69, 9.17) is 9.47 Å². The highest BCUT2D eigenvalue weighted by Crippen LogP contribution is 2.35. The van der Waals surface area contributed by atoms with Crippen LogP contribution < -0.4 is 15.4 Å². The molecule has 0 aromatic carbocycles. The van der Waals surface area contributed by atoms with Crippen LogP contribution in [0.2, 0.25) is 0 Å². The molecule has 0 radical (unpaired) electrons. The van der Waals surface area contributed by atoms with Gasteiger partial charge in [0.1, 0.15) is 5.60 Å². The monoisotopic (exact) mass is 334 g/mol. The van der Waals surface area contributed by atoms with Crippen molar-refractivity contribution in [2.45, 2.75) is 18.9 Å². The molecule has 0 spiro atoms. The molecule has 1 aliphatic heterocycles. The second-order valence-electron chi connectivity index (χ2n) is 5.34. The lowest BCUT2D eigenvalue weighted by molar-refractivity contribution is -0.0416. The molecule has 3 heterocycles. The minimum atomic E-state index is -0.508. The number of fused-ring (bicyclic) bond motifs is 1. The van der Waals surface area contributed by atoms with Crippen LogP contribution in [0.3, 0.4) is 0 Å². The lowest BCUT2D eigenvalue weighted by Crippen LogP contribution is -2.44. The fraction of sp³-hybridized carbons (Fsp3) is 0.400. The number of nitrogens with zero attached hydrogens (tertiary/aromatic N) is 2. The fourth-order valence-corrected chi connectivity index (χ4v) is 3.46. The molecule has 3 rings (SSSR count). The van der Waals surface area contributed by atoms with E-state index in [1.54, 1.807) is 11.3 Å². The second kappa shape index (κ2) is 6.51. The van der Waals surface area contributed by atoms with Crippen LogP contribution in [0.15, 0.2) is 23.8 Å². The van der Waals surface area contributed by atoms with Gasteiger partial charge in [0.25, 0.3) is 0 Å². The molecule has 0 saturated carbocycles. The van der Waals surface area contributed by atoms with Crippen molar-refractivity contribution in [1.82, 2.24) is 15.3 Å². The number of carbonyl (C=O) groups is 1. The van der Waals surface area contributed by atoms with Crippen LogP contribution >= 0.6 is 11.3 Å². The Labute approximate surface area is 138 Å². The number of thiophene rings is 1. The van der Waals surface area contributed by atoms with E-state index in [-0.39, 0.29) is 12.0 Å². The summed E-state index contributed by atoms with van der Waals surface area (Å²) in [4.78, 5) is 21.3. The van der Waals surface area contributed by atoms with Crippen LogP contribution in [0.5, 0.6) is 5.75 Å². The maximum absolute atomic E-state index is 12.0. The highest BCUT2D eigenvalue weighted by atomic mass is 32.1. The predicted octanol–water partition coefficient (Wildman–Crippen LogP) is 2.16. The van der Waals surface area contributed by atoms with Gasteiger partial charge < -0.3 is 14.8 Å². The molecule has 0 unspecified atom stereocenters. The first kappa shape index (κ1) is 15.7. The molecule has 0 aliphatic carbocycles. The zero-order valence-electron chi connectivity index (χ0n) is 13.0. The van der Waals surface area contributed by atoms with Crippen LogP contribution in [-0.4, -0.2) is 36.3 Å². The molecule has 2 aromatic heterocycles. The highest BCUT2D eigenvalue weighted by Gasteiger charge is 2.34. The zero-order chi connectivity index (χ0) is 16.3. The molecule has 2 N–H and O–H groups in total.